The van der Waals surface area contributed by atoms with Gasteiger partial charge in [-0.25, -0.2) is 0 Å². The topological polar surface area (TPSA) is 39.7 Å². The molecule has 20 heavy (non-hydrogen) atoms. The molecule has 4 heteroatoms. The van der Waals surface area contributed by atoms with E-state index in [4.69, 9.17) is 4.99 Å². The SMILES string of the molecule is CCNC(=NCC1CCN(CC)C1)NC1CCCCC1. The second kappa shape index (κ2) is 8.50. The Balaban J connectivity index is 1.79. The van der Waals surface area contributed by atoms with Crippen molar-refractivity contribution in [1.82, 2.24) is 15.5 Å². The van der Waals surface area contributed by atoms with Gasteiger partial charge in [0.15, 0.2) is 5.96 Å². The molecule has 116 valence electrons. The summed E-state index contributed by atoms with van der Waals surface area (Å²) < 4.78 is 0. The fraction of sp³-hybridized carbons (Fsp3) is 0.938. The van der Waals surface area contributed by atoms with E-state index in [1.165, 1.54) is 58.2 Å². The molecule has 0 aromatic carbocycles. The monoisotopic (exact) mass is 280 g/mol. The zero-order valence-corrected chi connectivity index (χ0v) is 13.3. The van der Waals surface area contributed by atoms with Crippen LogP contribution in [0.15, 0.2) is 4.99 Å². The molecule has 4 nitrogen and oxygen atoms in total. The van der Waals surface area contributed by atoms with Crippen molar-refractivity contribution in [3.63, 3.8) is 0 Å². The summed E-state index contributed by atoms with van der Waals surface area (Å²) in [4.78, 5) is 7.36. The molecule has 1 saturated heterocycles. The molecule has 1 unspecified atom stereocenters. The summed E-state index contributed by atoms with van der Waals surface area (Å²) in [5.74, 6) is 1.78. The summed E-state index contributed by atoms with van der Waals surface area (Å²) >= 11 is 0. The molecule has 2 aliphatic rings. The predicted molar refractivity (Wildman–Crippen MR) is 86.2 cm³/mol. The Morgan fingerprint density at radius 1 is 1.15 bits per heavy atom. The van der Waals surface area contributed by atoms with Crippen molar-refractivity contribution in [1.29, 1.82) is 0 Å². The lowest BCUT2D eigenvalue weighted by Crippen LogP contribution is -2.44. The number of nitrogens with one attached hydrogen (secondary N) is 2. The predicted octanol–water partition coefficient (Wildman–Crippen LogP) is 2.22. The number of likely N-dealkylation sites (tertiary alicyclic amines) is 1. The lowest BCUT2D eigenvalue weighted by Gasteiger charge is -2.25. The molecule has 0 aromatic rings. The van der Waals surface area contributed by atoms with Crippen LogP contribution in [0.25, 0.3) is 0 Å². The zero-order valence-electron chi connectivity index (χ0n) is 13.3. The molecular weight excluding hydrogens is 248 g/mol. The largest absolute Gasteiger partial charge is 0.357 e. The molecule has 0 amide bonds. The van der Waals surface area contributed by atoms with Gasteiger partial charge >= 0.3 is 0 Å². The Morgan fingerprint density at radius 3 is 2.60 bits per heavy atom. The third-order valence-electron chi connectivity index (χ3n) is 4.62. The van der Waals surface area contributed by atoms with Crippen LogP contribution >= 0.6 is 0 Å². The molecule has 2 rings (SSSR count). The van der Waals surface area contributed by atoms with Gasteiger partial charge < -0.3 is 15.5 Å². The summed E-state index contributed by atoms with van der Waals surface area (Å²) in [6.45, 7) is 9.97. The summed E-state index contributed by atoms with van der Waals surface area (Å²) in [6, 6.07) is 0.636. The molecule has 1 aliphatic carbocycles. The maximum Gasteiger partial charge on any atom is 0.191 e. The highest BCUT2D eigenvalue weighted by molar-refractivity contribution is 5.80. The second-order valence-corrected chi connectivity index (χ2v) is 6.25. The fourth-order valence-electron chi connectivity index (χ4n) is 3.33. The Hall–Kier alpha value is -0.770. The molecular formula is C16H32N4. The van der Waals surface area contributed by atoms with Crippen LogP contribution in [-0.2, 0) is 0 Å². The average Bonchev–Trinajstić information content (AvgIpc) is 2.94. The van der Waals surface area contributed by atoms with Crippen LogP contribution in [-0.4, -0.2) is 49.6 Å². The molecule has 1 saturated carbocycles. The number of nitrogens with zero attached hydrogens (tertiary/aromatic N) is 2. The Bertz CT molecular complexity index is 297. The first-order valence-electron chi connectivity index (χ1n) is 8.59. The van der Waals surface area contributed by atoms with E-state index in [0.717, 1.165) is 25.0 Å². The van der Waals surface area contributed by atoms with Gasteiger partial charge in [-0.15, -0.1) is 0 Å². The summed E-state index contributed by atoms with van der Waals surface area (Å²) in [7, 11) is 0. The highest BCUT2D eigenvalue weighted by atomic mass is 15.2. The van der Waals surface area contributed by atoms with Crippen molar-refractivity contribution in [2.45, 2.75) is 58.4 Å². The van der Waals surface area contributed by atoms with Gasteiger partial charge in [0.25, 0.3) is 0 Å². The van der Waals surface area contributed by atoms with Crippen LogP contribution < -0.4 is 10.6 Å². The van der Waals surface area contributed by atoms with Crippen molar-refractivity contribution >= 4 is 5.96 Å². The van der Waals surface area contributed by atoms with Crippen molar-refractivity contribution in [3.05, 3.63) is 0 Å². The van der Waals surface area contributed by atoms with E-state index >= 15 is 0 Å². The van der Waals surface area contributed by atoms with E-state index in [0.29, 0.717) is 6.04 Å². The second-order valence-electron chi connectivity index (χ2n) is 6.25. The molecule has 0 radical (unpaired) electrons. The van der Waals surface area contributed by atoms with E-state index in [2.05, 4.69) is 29.4 Å². The summed E-state index contributed by atoms with van der Waals surface area (Å²) in [5.41, 5.74) is 0. The Labute approximate surface area is 124 Å². The highest BCUT2D eigenvalue weighted by Crippen LogP contribution is 2.18. The number of rotatable bonds is 5. The van der Waals surface area contributed by atoms with Crippen molar-refractivity contribution < 1.29 is 0 Å². The van der Waals surface area contributed by atoms with Crippen LogP contribution in [0.2, 0.25) is 0 Å². The van der Waals surface area contributed by atoms with Gasteiger partial charge in [0.2, 0.25) is 0 Å². The normalized spacial score (nSPS) is 25.9. The molecule has 0 bridgehead atoms. The number of aliphatic imine (C=N–C) groups is 1. The molecule has 1 atom stereocenters. The molecule has 2 N–H and O–H groups in total. The van der Waals surface area contributed by atoms with E-state index < -0.39 is 0 Å². The van der Waals surface area contributed by atoms with Gasteiger partial charge in [-0.1, -0.05) is 26.2 Å². The lowest BCUT2D eigenvalue weighted by molar-refractivity contribution is 0.343. The molecule has 1 heterocycles. The number of hydrogen-bond acceptors (Lipinski definition) is 2. The zero-order chi connectivity index (χ0) is 14.2. The van der Waals surface area contributed by atoms with Crippen LogP contribution in [0.4, 0.5) is 0 Å². The van der Waals surface area contributed by atoms with E-state index in [9.17, 15) is 0 Å². The quantitative estimate of drug-likeness (QED) is 0.599. The highest BCUT2D eigenvalue weighted by Gasteiger charge is 2.21. The van der Waals surface area contributed by atoms with Gasteiger partial charge in [0.05, 0.1) is 0 Å². The van der Waals surface area contributed by atoms with Gasteiger partial charge in [-0.3, -0.25) is 4.99 Å². The minimum atomic E-state index is 0.636. The molecule has 0 spiro atoms. The minimum Gasteiger partial charge on any atom is -0.357 e. The van der Waals surface area contributed by atoms with Crippen LogP contribution in [0.3, 0.4) is 0 Å². The summed E-state index contributed by atoms with van der Waals surface area (Å²) in [5, 5.41) is 7.04. The van der Waals surface area contributed by atoms with E-state index in [1.54, 1.807) is 0 Å². The number of guanidine groups is 1. The standard InChI is InChI=1S/C16H32N4/c1-3-17-16(19-15-8-6-5-7-9-15)18-12-14-10-11-20(4-2)13-14/h14-15H,3-13H2,1-2H3,(H2,17,18,19). The lowest BCUT2D eigenvalue weighted by atomic mass is 9.96. The smallest absolute Gasteiger partial charge is 0.191 e. The van der Waals surface area contributed by atoms with E-state index in [-0.39, 0.29) is 0 Å². The maximum absolute atomic E-state index is 4.83. The molecule has 2 fully saturated rings. The third-order valence-corrected chi connectivity index (χ3v) is 4.62. The first-order chi connectivity index (χ1) is 9.81. The van der Waals surface area contributed by atoms with Crippen molar-refractivity contribution in [2.75, 3.05) is 32.7 Å². The van der Waals surface area contributed by atoms with Gasteiger partial charge in [-0.2, -0.15) is 0 Å². The van der Waals surface area contributed by atoms with Crippen LogP contribution in [0, 0.1) is 5.92 Å². The number of hydrogen-bond donors (Lipinski definition) is 2. The Morgan fingerprint density at radius 2 is 1.95 bits per heavy atom. The summed E-state index contributed by atoms with van der Waals surface area (Å²) in [6.07, 6.45) is 8.05. The van der Waals surface area contributed by atoms with E-state index in [1.807, 2.05) is 0 Å². The van der Waals surface area contributed by atoms with Crippen LogP contribution in [0.5, 0.6) is 0 Å². The fourth-order valence-corrected chi connectivity index (χ4v) is 3.33. The average molecular weight is 280 g/mol. The Kier molecular flexibility index (Phi) is 6.64. The maximum atomic E-state index is 4.83. The first kappa shape index (κ1) is 15.6. The van der Waals surface area contributed by atoms with Gasteiger partial charge in [-0.05, 0) is 45.2 Å². The minimum absolute atomic E-state index is 0.636. The molecule has 1 aliphatic heterocycles. The van der Waals surface area contributed by atoms with Gasteiger partial charge in [0.1, 0.15) is 0 Å². The van der Waals surface area contributed by atoms with Crippen LogP contribution in [0.1, 0.15) is 52.4 Å². The third kappa shape index (κ3) is 4.97. The first-order valence-corrected chi connectivity index (χ1v) is 8.59. The van der Waals surface area contributed by atoms with Crippen molar-refractivity contribution in [2.24, 2.45) is 10.9 Å². The molecule has 0 aromatic heterocycles. The van der Waals surface area contributed by atoms with Crippen molar-refractivity contribution in [3.8, 4) is 0 Å². The van der Waals surface area contributed by atoms with Gasteiger partial charge in [0, 0.05) is 25.7 Å².